The topological polar surface area (TPSA) is 17.8 Å². The zero-order chi connectivity index (χ0) is 9.38. The number of fused-ring (bicyclic) bond motifs is 1. The second kappa shape index (κ2) is 3.17. The van der Waals surface area contributed by atoms with E-state index >= 15 is 0 Å². The van der Waals surface area contributed by atoms with Crippen LogP contribution in [0.15, 0.2) is 36.5 Å². The van der Waals surface area contributed by atoms with Gasteiger partial charge in [-0.2, -0.15) is 16.9 Å². The van der Waals surface area contributed by atoms with Gasteiger partial charge in [-0.25, -0.2) is 4.68 Å². The van der Waals surface area contributed by atoms with Crippen molar-refractivity contribution in [2.45, 2.75) is 11.5 Å². The summed E-state index contributed by atoms with van der Waals surface area (Å²) < 4.78 is 2.05. The van der Waals surface area contributed by atoms with Crippen molar-refractivity contribution in [3.8, 4) is 5.69 Å². The smallest absolute Gasteiger partial charge is 0.0649 e. The molecule has 70 valence electrons. The molecule has 14 heavy (non-hydrogen) atoms. The quantitative estimate of drug-likeness (QED) is 0.707. The first-order chi connectivity index (χ1) is 6.95. The first kappa shape index (κ1) is 8.12. The molecule has 1 aliphatic heterocycles. The third-order valence-corrected chi connectivity index (χ3v) is 3.45. The number of hydrogen-bond donors (Lipinski definition) is 0. The molecule has 2 heterocycles. The van der Waals surface area contributed by atoms with Crippen LogP contribution in [0.2, 0.25) is 0 Å². The second-order valence-electron chi connectivity index (χ2n) is 3.36. The van der Waals surface area contributed by atoms with Gasteiger partial charge in [0.05, 0.1) is 17.6 Å². The maximum Gasteiger partial charge on any atom is 0.0649 e. The molecule has 0 atom stereocenters. The molecule has 0 saturated carbocycles. The SMILES string of the molecule is c1ccc(-n2ncc3c2CSC3)cc1. The lowest BCUT2D eigenvalue weighted by molar-refractivity contribution is 0.843. The highest BCUT2D eigenvalue weighted by Gasteiger charge is 2.17. The van der Waals surface area contributed by atoms with E-state index in [1.54, 1.807) is 0 Å². The van der Waals surface area contributed by atoms with Crippen LogP contribution >= 0.6 is 11.8 Å². The molecule has 0 amide bonds. The van der Waals surface area contributed by atoms with Crippen molar-refractivity contribution in [3.05, 3.63) is 47.8 Å². The van der Waals surface area contributed by atoms with E-state index in [1.807, 2.05) is 36.2 Å². The molecule has 0 radical (unpaired) electrons. The van der Waals surface area contributed by atoms with Crippen LogP contribution in [0.4, 0.5) is 0 Å². The van der Waals surface area contributed by atoms with Crippen molar-refractivity contribution in [2.75, 3.05) is 0 Å². The fourth-order valence-electron chi connectivity index (χ4n) is 1.73. The van der Waals surface area contributed by atoms with Crippen molar-refractivity contribution in [1.82, 2.24) is 9.78 Å². The van der Waals surface area contributed by atoms with E-state index in [1.165, 1.54) is 11.3 Å². The molecule has 0 N–H and O–H groups in total. The Bertz CT molecular complexity index is 448. The van der Waals surface area contributed by atoms with Gasteiger partial charge in [0.15, 0.2) is 0 Å². The zero-order valence-corrected chi connectivity index (χ0v) is 8.50. The Kier molecular flexibility index (Phi) is 1.84. The Balaban J connectivity index is 2.13. The minimum atomic E-state index is 1.09. The van der Waals surface area contributed by atoms with Gasteiger partial charge in [-0.3, -0.25) is 0 Å². The summed E-state index contributed by atoms with van der Waals surface area (Å²) >= 11 is 1.96. The lowest BCUT2D eigenvalue weighted by Gasteiger charge is -2.03. The Morgan fingerprint density at radius 1 is 1.14 bits per heavy atom. The lowest BCUT2D eigenvalue weighted by atomic mass is 10.3. The molecule has 0 spiro atoms. The normalized spacial score (nSPS) is 14.3. The number of para-hydroxylation sites is 1. The van der Waals surface area contributed by atoms with E-state index < -0.39 is 0 Å². The van der Waals surface area contributed by atoms with Crippen LogP contribution in [0.25, 0.3) is 5.69 Å². The molecule has 2 aromatic rings. The predicted molar refractivity (Wildman–Crippen MR) is 58.6 cm³/mol. The number of rotatable bonds is 1. The van der Waals surface area contributed by atoms with Crippen molar-refractivity contribution < 1.29 is 0 Å². The number of aromatic nitrogens is 2. The Labute approximate surface area is 86.9 Å². The van der Waals surface area contributed by atoms with Gasteiger partial charge in [0, 0.05) is 17.1 Å². The zero-order valence-electron chi connectivity index (χ0n) is 7.68. The Morgan fingerprint density at radius 3 is 2.86 bits per heavy atom. The first-order valence-electron chi connectivity index (χ1n) is 4.64. The Morgan fingerprint density at radius 2 is 2.00 bits per heavy atom. The van der Waals surface area contributed by atoms with E-state index in [2.05, 4.69) is 21.9 Å². The highest BCUT2D eigenvalue weighted by atomic mass is 32.2. The fraction of sp³-hybridized carbons (Fsp3) is 0.182. The minimum Gasteiger partial charge on any atom is -0.237 e. The van der Waals surface area contributed by atoms with Crippen LogP contribution in [0, 0.1) is 0 Å². The fourth-order valence-corrected chi connectivity index (χ4v) is 2.80. The van der Waals surface area contributed by atoms with Gasteiger partial charge in [0.1, 0.15) is 0 Å². The molecular weight excluding hydrogens is 192 g/mol. The van der Waals surface area contributed by atoms with E-state index in [-0.39, 0.29) is 0 Å². The highest BCUT2D eigenvalue weighted by Crippen LogP contribution is 2.30. The monoisotopic (exact) mass is 202 g/mol. The molecule has 2 nitrogen and oxygen atoms in total. The van der Waals surface area contributed by atoms with E-state index in [0.717, 1.165) is 17.2 Å². The van der Waals surface area contributed by atoms with Gasteiger partial charge in [0.2, 0.25) is 0 Å². The predicted octanol–water partition coefficient (Wildman–Crippen LogP) is 2.62. The molecule has 0 bridgehead atoms. The van der Waals surface area contributed by atoms with Crippen LogP contribution in [0.5, 0.6) is 0 Å². The molecule has 0 aliphatic carbocycles. The summed E-state index contributed by atoms with van der Waals surface area (Å²) in [6.45, 7) is 0. The highest BCUT2D eigenvalue weighted by molar-refractivity contribution is 7.98. The van der Waals surface area contributed by atoms with Crippen molar-refractivity contribution in [3.63, 3.8) is 0 Å². The van der Waals surface area contributed by atoms with Crippen molar-refractivity contribution in [2.24, 2.45) is 0 Å². The molecule has 1 aromatic carbocycles. The van der Waals surface area contributed by atoms with Crippen LogP contribution < -0.4 is 0 Å². The molecular formula is C11H10N2S. The second-order valence-corrected chi connectivity index (χ2v) is 4.34. The lowest BCUT2D eigenvalue weighted by Crippen LogP contribution is -1.99. The van der Waals surface area contributed by atoms with Gasteiger partial charge < -0.3 is 0 Å². The summed E-state index contributed by atoms with van der Waals surface area (Å²) in [5.41, 5.74) is 3.91. The van der Waals surface area contributed by atoms with Gasteiger partial charge in [-0.1, -0.05) is 18.2 Å². The Hall–Kier alpha value is -1.22. The summed E-state index contributed by atoms with van der Waals surface area (Å²) in [6, 6.07) is 10.3. The maximum atomic E-state index is 4.41. The summed E-state index contributed by atoms with van der Waals surface area (Å²) in [5, 5.41) is 4.41. The van der Waals surface area contributed by atoms with E-state index in [9.17, 15) is 0 Å². The van der Waals surface area contributed by atoms with Crippen LogP contribution in [0.1, 0.15) is 11.3 Å². The molecule has 0 fully saturated rings. The molecule has 0 unspecified atom stereocenters. The molecule has 1 aliphatic rings. The standard InChI is InChI=1S/C11H10N2S/c1-2-4-10(5-3-1)13-11-8-14-7-9(11)6-12-13/h1-6H,7-8H2. The average molecular weight is 202 g/mol. The van der Waals surface area contributed by atoms with E-state index in [4.69, 9.17) is 0 Å². The molecule has 1 aromatic heterocycles. The average Bonchev–Trinajstić information content (AvgIpc) is 2.79. The largest absolute Gasteiger partial charge is 0.237 e. The number of benzene rings is 1. The molecule has 0 saturated heterocycles. The maximum absolute atomic E-state index is 4.41. The molecule has 3 rings (SSSR count). The third kappa shape index (κ3) is 1.16. The number of nitrogens with zero attached hydrogens (tertiary/aromatic N) is 2. The minimum absolute atomic E-state index is 1.09. The van der Waals surface area contributed by atoms with Crippen LogP contribution in [0.3, 0.4) is 0 Å². The van der Waals surface area contributed by atoms with Gasteiger partial charge in [-0.05, 0) is 12.1 Å². The first-order valence-corrected chi connectivity index (χ1v) is 5.79. The number of thioether (sulfide) groups is 1. The summed E-state index contributed by atoms with van der Waals surface area (Å²) in [6.07, 6.45) is 1.99. The summed E-state index contributed by atoms with van der Waals surface area (Å²) in [7, 11) is 0. The van der Waals surface area contributed by atoms with Crippen molar-refractivity contribution in [1.29, 1.82) is 0 Å². The van der Waals surface area contributed by atoms with Crippen molar-refractivity contribution >= 4 is 11.8 Å². The van der Waals surface area contributed by atoms with Gasteiger partial charge in [0.25, 0.3) is 0 Å². The summed E-state index contributed by atoms with van der Waals surface area (Å²) in [4.78, 5) is 0. The van der Waals surface area contributed by atoms with E-state index in [0.29, 0.717) is 0 Å². The van der Waals surface area contributed by atoms with Crippen LogP contribution in [-0.4, -0.2) is 9.78 Å². The van der Waals surface area contributed by atoms with Gasteiger partial charge in [-0.15, -0.1) is 0 Å². The van der Waals surface area contributed by atoms with Gasteiger partial charge >= 0.3 is 0 Å². The number of hydrogen-bond acceptors (Lipinski definition) is 2. The third-order valence-electron chi connectivity index (χ3n) is 2.45. The summed E-state index contributed by atoms with van der Waals surface area (Å²) in [5.74, 6) is 2.20. The van der Waals surface area contributed by atoms with Crippen LogP contribution in [-0.2, 0) is 11.5 Å². The molecule has 3 heteroatoms.